The fourth-order valence-electron chi connectivity index (χ4n) is 1.87. The number of hydrogen-bond donors (Lipinski definition) is 3. The van der Waals surface area contributed by atoms with Crippen LogP contribution in [-0.4, -0.2) is 49.6 Å². The molecule has 7 nitrogen and oxygen atoms in total. The van der Waals surface area contributed by atoms with Crippen LogP contribution in [0.3, 0.4) is 0 Å². The van der Waals surface area contributed by atoms with E-state index in [1.807, 2.05) is 0 Å². The Hall–Kier alpha value is -0.930. The van der Waals surface area contributed by atoms with Crippen LogP contribution in [-0.2, 0) is 14.8 Å². The van der Waals surface area contributed by atoms with Gasteiger partial charge in [0.15, 0.2) is 5.11 Å². The Bertz CT molecular complexity index is 438. The van der Waals surface area contributed by atoms with Gasteiger partial charge in [-0.25, -0.2) is 12.7 Å². The number of hydrogen-bond acceptors (Lipinski definition) is 4. The largest absolute Gasteiger partial charge is 0.364 e. The molecule has 0 aliphatic carbocycles. The second-order valence-corrected chi connectivity index (χ2v) is 6.96. The smallest absolute Gasteiger partial charge is 0.242 e. The molecule has 1 rings (SSSR count). The molecule has 9 heteroatoms. The van der Waals surface area contributed by atoms with E-state index in [1.54, 1.807) is 14.0 Å². The number of hydrazine groups is 1. The van der Waals surface area contributed by atoms with Crippen molar-refractivity contribution in [3.8, 4) is 0 Å². The van der Waals surface area contributed by atoms with Crippen LogP contribution in [0, 0.1) is 5.92 Å². The minimum absolute atomic E-state index is 0.0590. The normalized spacial score (nSPS) is 20.6. The van der Waals surface area contributed by atoms with E-state index >= 15 is 0 Å². The first kappa shape index (κ1) is 16.1. The molecule has 1 fully saturated rings. The summed E-state index contributed by atoms with van der Waals surface area (Å²) < 4.78 is 25.0. The highest BCUT2D eigenvalue weighted by atomic mass is 32.2. The number of thiocarbonyl (C=S) groups is 1. The van der Waals surface area contributed by atoms with Crippen LogP contribution in [0.5, 0.6) is 0 Å². The number of carbonyl (C=O) groups excluding carboxylic acids is 1. The summed E-state index contributed by atoms with van der Waals surface area (Å²) in [6, 6.07) is 0. The molecule has 0 saturated carbocycles. The van der Waals surface area contributed by atoms with Gasteiger partial charge < -0.3 is 5.32 Å². The maximum absolute atomic E-state index is 11.9. The average molecular weight is 308 g/mol. The molecule has 0 aromatic rings. The predicted octanol–water partition coefficient (Wildman–Crippen LogP) is -0.827. The van der Waals surface area contributed by atoms with Gasteiger partial charge in [0, 0.05) is 20.1 Å². The van der Waals surface area contributed by atoms with E-state index in [9.17, 15) is 13.2 Å². The third-order valence-electron chi connectivity index (χ3n) is 3.04. The summed E-state index contributed by atoms with van der Waals surface area (Å²) in [4.78, 5) is 11.9. The monoisotopic (exact) mass is 308 g/mol. The highest BCUT2D eigenvalue weighted by molar-refractivity contribution is 7.89. The fourth-order valence-corrected chi connectivity index (χ4v) is 3.11. The molecule has 0 radical (unpaired) electrons. The topological polar surface area (TPSA) is 90.5 Å². The average Bonchev–Trinajstić information content (AvgIpc) is 2.44. The first-order valence-corrected chi connectivity index (χ1v) is 8.17. The highest BCUT2D eigenvalue weighted by Gasteiger charge is 2.31. The van der Waals surface area contributed by atoms with Crippen molar-refractivity contribution in [3.05, 3.63) is 0 Å². The molecule has 1 saturated heterocycles. The van der Waals surface area contributed by atoms with Gasteiger partial charge in [0.2, 0.25) is 15.9 Å². The molecule has 1 atom stereocenters. The molecule has 0 aromatic carbocycles. The molecular weight excluding hydrogens is 288 g/mol. The zero-order valence-corrected chi connectivity index (χ0v) is 12.7. The van der Waals surface area contributed by atoms with E-state index in [2.05, 4.69) is 16.2 Å². The number of amides is 1. The first-order valence-electron chi connectivity index (χ1n) is 6.16. The molecule has 1 aliphatic heterocycles. The molecular formula is C10H20N4O3S2. The summed E-state index contributed by atoms with van der Waals surface area (Å²) in [6.45, 7) is 2.32. The van der Waals surface area contributed by atoms with Crippen molar-refractivity contribution in [3.63, 3.8) is 0 Å². The van der Waals surface area contributed by atoms with Gasteiger partial charge in [0.05, 0.1) is 11.7 Å². The van der Waals surface area contributed by atoms with Gasteiger partial charge in [-0.2, -0.15) is 0 Å². The lowest BCUT2D eigenvalue weighted by Crippen LogP contribution is -2.51. The van der Waals surface area contributed by atoms with Crippen LogP contribution in [0.15, 0.2) is 0 Å². The van der Waals surface area contributed by atoms with Gasteiger partial charge in [-0.05, 0) is 32.0 Å². The fraction of sp³-hybridized carbons (Fsp3) is 0.800. The zero-order chi connectivity index (χ0) is 14.5. The first-order chi connectivity index (χ1) is 8.90. The predicted molar refractivity (Wildman–Crippen MR) is 76.7 cm³/mol. The third kappa shape index (κ3) is 4.59. The summed E-state index contributed by atoms with van der Waals surface area (Å²) in [5.74, 6) is -0.528. The number of sulfonamides is 1. The maximum atomic E-state index is 11.9. The van der Waals surface area contributed by atoms with Crippen molar-refractivity contribution in [2.45, 2.75) is 19.8 Å². The van der Waals surface area contributed by atoms with Crippen molar-refractivity contribution in [1.82, 2.24) is 20.5 Å². The standard InChI is InChI=1S/C10H20N4O3S2/c1-3-19(16,17)14-6-4-5-8(7-14)9(15)12-13-10(18)11-2/h8H,3-7H2,1-2H3,(H,12,15)(H2,11,13,18)/t8-/m0/s1. The molecule has 19 heavy (non-hydrogen) atoms. The van der Waals surface area contributed by atoms with Gasteiger partial charge in [-0.15, -0.1) is 0 Å². The molecule has 3 N–H and O–H groups in total. The Morgan fingerprint density at radius 3 is 2.68 bits per heavy atom. The number of rotatable bonds is 3. The van der Waals surface area contributed by atoms with Crippen LogP contribution in [0.1, 0.15) is 19.8 Å². The lowest BCUT2D eigenvalue weighted by atomic mass is 9.99. The molecule has 0 bridgehead atoms. The van der Waals surface area contributed by atoms with Crippen LogP contribution >= 0.6 is 12.2 Å². The summed E-state index contributed by atoms with van der Waals surface area (Å²) >= 11 is 4.83. The van der Waals surface area contributed by atoms with Gasteiger partial charge in [0.25, 0.3) is 0 Å². The zero-order valence-electron chi connectivity index (χ0n) is 11.1. The second-order valence-electron chi connectivity index (χ2n) is 4.29. The van der Waals surface area contributed by atoms with E-state index in [-0.39, 0.29) is 24.1 Å². The van der Waals surface area contributed by atoms with Gasteiger partial charge in [-0.1, -0.05) is 0 Å². The second kappa shape index (κ2) is 7.01. The number of carbonyl (C=O) groups is 1. The molecule has 1 heterocycles. The van der Waals surface area contributed by atoms with Crippen LogP contribution in [0.25, 0.3) is 0 Å². The van der Waals surface area contributed by atoms with Crippen molar-refractivity contribution in [2.75, 3.05) is 25.9 Å². The van der Waals surface area contributed by atoms with E-state index in [4.69, 9.17) is 12.2 Å². The highest BCUT2D eigenvalue weighted by Crippen LogP contribution is 2.19. The van der Waals surface area contributed by atoms with Gasteiger partial charge >= 0.3 is 0 Å². The van der Waals surface area contributed by atoms with E-state index in [0.29, 0.717) is 24.5 Å². The SMILES string of the molecule is CCS(=O)(=O)N1CCC[C@H](C(=O)NNC(=S)NC)C1. The van der Waals surface area contributed by atoms with Crippen molar-refractivity contribution >= 4 is 33.3 Å². The van der Waals surface area contributed by atoms with Crippen molar-refractivity contribution in [2.24, 2.45) is 5.92 Å². The van der Waals surface area contributed by atoms with E-state index < -0.39 is 10.0 Å². The minimum Gasteiger partial charge on any atom is -0.364 e. The summed E-state index contributed by atoms with van der Waals surface area (Å²) in [7, 11) is -1.59. The minimum atomic E-state index is -3.23. The van der Waals surface area contributed by atoms with E-state index in [0.717, 1.165) is 0 Å². The molecule has 0 unspecified atom stereocenters. The molecule has 1 amide bonds. The summed E-state index contributed by atoms with van der Waals surface area (Å²) in [6.07, 6.45) is 1.36. The van der Waals surface area contributed by atoms with Crippen molar-refractivity contribution < 1.29 is 13.2 Å². The molecule has 0 aromatic heterocycles. The quantitative estimate of drug-likeness (QED) is 0.466. The molecule has 0 spiro atoms. The van der Waals surface area contributed by atoms with Gasteiger partial charge in [-0.3, -0.25) is 15.6 Å². The number of nitrogens with one attached hydrogen (secondary N) is 3. The lowest BCUT2D eigenvalue weighted by molar-refractivity contribution is -0.126. The third-order valence-corrected chi connectivity index (χ3v) is 5.19. The lowest BCUT2D eigenvalue weighted by Gasteiger charge is -2.30. The van der Waals surface area contributed by atoms with Gasteiger partial charge in [0.1, 0.15) is 0 Å². The summed E-state index contributed by atoms with van der Waals surface area (Å²) in [5.41, 5.74) is 5.03. The number of piperidine rings is 1. The maximum Gasteiger partial charge on any atom is 0.242 e. The Kier molecular flexibility index (Phi) is 5.95. The number of nitrogens with zero attached hydrogens (tertiary/aromatic N) is 1. The molecule has 1 aliphatic rings. The molecule has 110 valence electrons. The van der Waals surface area contributed by atoms with Crippen LogP contribution in [0.4, 0.5) is 0 Å². The Balaban J connectivity index is 2.55. The van der Waals surface area contributed by atoms with Crippen molar-refractivity contribution in [1.29, 1.82) is 0 Å². The summed E-state index contributed by atoms with van der Waals surface area (Å²) in [5, 5.41) is 2.97. The van der Waals surface area contributed by atoms with Crippen LogP contribution in [0.2, 0.25) is 0 Å². The Morgan fingerprint density at radius 2 is 2.11 bits per heavy atom. The Morgan fingerprint density at radius 1 is 1.42 bits per heavy atom. The Labute approximate surface area is 119 Å². The van der Waals surface area contributed by atoms with Crippen LogP contribution < -0.4 is 16.2 Å². The van der Waals surface area contributed by atoms with E-state index in [1.165, 1.54) is 4.31 Å².